The fourth-order valence-corrected chi connectivity index (χ4v) is 6.83. The van der Waals surface area contributed by atoms with Crippen LogP contribution in [-0.2, 0) is 23.9 Å². The van der Waals surface area contributed by atoms with E-state index in [9.17, 15) is 14.4 Å². The van der Waals surface area contributed by atoms with Crippen molar-refractivity contribution >= 4 is 17.8 Å². The first-order valence-electron chi connectivity index (χ1n) is 22.1. The van der Waals surface area contributed by atoms with Gasteiger partial charge in [0.2, 0.25) is 5.91 Å². The Bertz CT molecular complexity index is 771. The monoisotopic (exact) mass is 723 g/mol. The fourth-order valence-electron chi connectivity index (χ4n) is 6.83. The van der Waals surface area contributed by atoms with Crippen LogP contribution in [0.3, 0.4) is 0 Å². The Kier molecular flexibility index (Phi) is 34.3. The molecule has 0 fully saturated rings. The van der Waals surface area contributed by atoms with E-state index in [1.54, 1.807) is 4.90 Å². The molecule has 0 aliphatic heterocycles. The van der Waals surface area contributed by atoms with Crippen LogP contribution < -0.4 is 0 Å². The van der Waals surface area contributed by atoms with Gasteiger partial charge in [-0.2, -0.15) is 0 Å². The maximum Gasteiger partial charge on any atom is 0.308 e. The van der Waals surface area contributed by atoms with Crippen LogP contribution in [0.1, 0.15) is 202 Å². The predicted molar refractivity (Wildman–Crippen MR) is 216 cm³/mol. The van der Waals surface area contributed by atoms with Crippen molar-refractivity contribution in [2.45, 2.75) is 202 Å². The van der Waals surface area contributed by atoms with Gasteiger partial charge >= 0.3 is 11.9 Å². The third kappa shape index (κ3) is 27.6. The fraction of sp³-hybridized carbons (Fsp3) is 0.932. The van der Waals surface area contributed by atoms with E-state index in [-0.39, 0.29) is 48.8 Å². The molecule has 51 heavy (non-hydrogen) atoms. The quantitative estimate of drug-likeness (QED) is 0.0469. The zero-order valence-corrected chi connectivity index (χ0v) is 35.1. The first-order chi connectivity index (χ1) is 24.7. The Balaban J connectivity index is 5.35. The molecule has 302 valence electrons. The summed E-state index contributed by atoms with van der Waals surface area (Å²) in [7, 11) is 2.07. The van der Waals surface area contributed by atoms with Gasteiger partial charge in [-0.3, -0.25) is 14.4 Å². The van der Waals surface area contributed by atoms with Gasteiger partial charge in [-0.25, -0.2) is 0 Å². The molecule has 0 heterocycles. The van der Waals surface area contributed by atoms with E-state index in [2.05, 4.69) is 46.6 Å². The molecule has 0 aliphatic rings. The van der Waals surface area contributed by atoms with Crippen LogP contribution in [0.15, 0.2) is 0 Å². The largest absolute Gasteiger partial charge is 0.464 e. The minimum atomic E-state index is -0.163. The Morgan fingerprint density at radius 1 is 0.471 bits per heavy atom. The zero-order chi connectivity index (χ0) is 38.0. The van der Waals surface area contributed by atoms with Gasteiger partial charge in [0.05, 0.1) is 24.9 Å². The summed E-state index contributed by atoms with van der Waals surface area (Å²) in [6.45, 7) is 15.8. The number of ether oxygens (including phenoxy) is 2. The number of carbonyl (C=O) groups is 3. The molecule has 0 aliphatic carbocycles. The van der Waals surface area contributed by atoms with Crippen molar-refractivity contribution in [2.24, 2.45) is 17.8 Å². The number of rotatable bonds is 37. The van der Waals surface area contributed by atoms with Crippen molar-refractivity contribution in [1.29, 1.82) is 0 Å². The topological polar surface area (TPSA) is 76.1 Å². The second-order valence-electron chi connectivity index (χ2n) is 15.5. The van der Waals surface area contributed by atoms with Crippen molar-refractivity contribution < 1.29 is 23.9 Å². The molecule has 0 bridgehead atoms. The van der Waals surface area contributed by atoms with Gasteiger partial charge in [0, 0.05) is 5.92 Å². The highest BCUT2D eigenvalue weighted by atomic mass is 16.5. The number of amides is 1. The van der Waals surface area contributed by atoms with Crippen molar-refractivity contribution in [2.75, 3.05) is 46.4 Å². The Hall–Kier alpha value is -1.63. The van der Waals surface area contributed by atoms with E-state index in [1.807, 2.05) is 6.92 Å². The second kappa shape index (κ2) is 35.4. The molecule has 0 N–H and O–H groups in total. The summed E-state index contributed by atoms with van der Waals surface area (Å²) in [4.78, 5) is 44.3. The summed E-state index contributed by atoms with van der Waals surface area (Å²) in [5, 5.41) is 0. The molecule has 0 radical (unpaired) electrons. The van der Waals surface area contributed by atoms with Gasteiger partial charge in [-0.15, -0.1) is 0 Å². The molecular formula is C44H86N2O5. The van der Waals surface area contributed by atoms with Gasteiger partial charge in [-0.1, -0.05) is 170 Å². The average molecular weight is 723 g/mol. The SMILES string of the molecule is CCCCCCCCC(CCCCCC)C(=O)OCCN(CCOC(=O)C(CCCCCC)CCCCCCCC)C(=O)C(C)CCN(C)CC. The predicted octanol–water partition coefficient (Wildman–Crippen LogP) is 11.6. The van der Waals surface area contributed by atoms with Crippen LogP contribution in [0.25, 0.3) is 0 Å². The van der Waals surface area contributed by atoms with Crippen LogP contribution in [0, 0.1) is 17.8 Å². The standard InChI is InChI=1S/C44H86N2O5/c1-8-13-17-21-23-27-31-40(29-25-19-15-10-3)43(48)50-37-35-46(42(47)39(6)33-34-45(7)12-5)36-38-51-44(49)41(30-26-20-16-11-4)32-28-24-22-18-14-9-2/h39-41H,8-38H2,1-7H3. The summed E-state index contributed by atoms with van der Waals surface area (Å²) >= 11 is 0. The first-order valence-corrected chi connectivity index (χ1v) is 22.1. The summed E-state index contributed by atoms with van der Waals surface area (Å²) in [6, 6.07) is 0. The minimum Gasteiger partial charge on any atom is -0.464 e. The number of hydrogen-bond acceptors (Lipinski definition) is 6. The lowest BCUT2D eigenvalue weighted by atomic mass is 9.94. The van der Waals surface area contributed by atoms with Gasteiger partial charge in [-0.05, 0) is 52.2 Å². The van der Waals surface area contributed by atoms with E-state index in [0.717, 1.165) is 83.7 Å². The molecule has 3 unspecified atom stereocenters. The van der Waals surface area contributed by atoms with E-state index < -0.39 is 0 Å². The molecule has 0 aromatic rings. The van der Waals surface area contributed by atoms with Crippen LogP contribution >= 0.6 is 0 Å². The van der Waals surface area contributed by atoms with E-state index in [1.165, 1.54) is 89.9 Å². The Morgan fingerprint density at radius 3 is 1.16 bits per heavy atom. The Morgan fingerprint density at radius 2 is 0.804 bits per heavy atom. The maximum atomic E-state index is 13.7. The molecule has 0 rings (SSSR count). The summed E-state index contributed by atoms with van der Waals surface area (Å²) in [6.07, 6.45) is 28.0. The maximum absolute atomic E-state index is 13.7. The molecule has 3 atom stereocenters. The van der Waals surface area contributed by atoms with Crippen LogP contribution in [0.2, 0.25) is 0 Å². The number of carbonyl (C=O) groups excluding carboxylic acids is 3. The highest BCUT2D eigenvalue weighted by Gasteiger charge is 2.25. The van der Waals surface area contributed by atoms with E-state index >= 15 is 0 Å². The van der Waals surface area contributed by atoms with Crippen molar-refractivity contribution in [1.82, 2.24) is 9.80 Å². The average Bonchev–Trinajstić information content (AvgIpc) is 3.13. The number of esters is 2. The number of hydrogen-bond donors (Lipinski definition) is 0. The lowest BCUT2D eigenvalue weighted by Crippen LogP contribution is -2.41. The van der Waals surface area contributed by atoms with Gasteiger partial charge in [0.1, 0.15) is 13.2 Å². The third-order valence-electron chi connectivity index (χ3n) is 10.7. The molecular weight excluding hydrogens is 636 g/mol. The molecule has 0 spiro atoms. The molecule has 0 saturated heterocycles. The van der Waals surface area contributed by atoms with Gasteiger partial charge < -0.3 is 19.3 Å². The zero-order valence-electron chi connectivity index (χ0n) is 35.1. The lowest BCUT2D eigenvalue weighted by molar-refractivity contribution is -0.153. The van der Waals surface area contributed by atoms with Gasteiger partial charge in [0.25, 0.3) is 0 Å². The van der Waals surface area contributed by atoms with E-state index in [4.69, 9.17) is 9.47 Å². The van der Waals surface area contributed by atoms with Crippen molar-refractivity contribution in [3.05, 3.63) is 0 Å². The smallest absolute Gasteiger partial charge is 0.308 e. The summed E-state index contributed by atoms with van der Waals surface area (Å²) in [5.41, 5.74) is 0. The minimum absolute atomic E-state index is 0.0398. The molecule has 0 aromatic carbocycles. The molecule has 0 saturated carbocycles. The summed E-state index contributed by atoms with van der Waals surface area (Å²) in [5.74, 6) is -0.485. The van der Waals surface area contributed by atoms with E-state index in [0.29, 0.717) is 13.1 Å². The Labute approximate surface area is 317 Å². The van der Waals surface area contributed by atoms with Gasteiger partial charge in [0.15, 0.2) is 0 Å². The summed E-state index contributed by atoms with van der Waals surface area (Å²) < 4.78 is 11.8. The van der Waals surface area contributed by atoms with Crippen LogP contribution in [0.5, 0.6) is 0 Å². The molecule has 0 aromatic heterocycles. The van der Waals surface area contributed by atoms with Crippen LogP contribution in [-0.4, -0.2) is 74.1 Å². The highest BCUT2D eigenvalue weighted by Crippen LogP contribution is 2.22. The van der Waals surface area contributed by atoms with Crippen molar-refractivity contribution in [3.63, 3.8) is 0 Å². The first kappa shape index (κ1) is 49.4. The third-order valence-corrected chi connectivity index (χ3v) is 10.7. The second-order valence-corrected chi connectivity index (χ2v) is 15.5. The molecule has 1 amide bonds. The lowest BCUT2D eigenvalue weighted by Gasteiger charge is -2.27. The number of nitrogens with zero attached hydrogens (tertiary/aromatic N) is 2. The van der Waals surface area contributed by atoms with Crippen LogP contribution in [0.4, 0.5) is 0 Å². The number of unbranched alkanes of at least 4 members (excludes halogenated alkanes) is 16. The normalized spacial score (nSPS) is 13.3. The van der Waals surface area contributed by atoms with Crippen molar-refractivity contribution in [3.8, 4) is 0 Å². The molecule has 7 heteroatoms. The highest BCUT2D eigenvalue weighted by molar-refractivity contribution is 5.78. The molecule has 7 nitrogen and oxygen atoms in total.